The zero-order valence-corrected chi connectivity index (χ0v) is 13.2. The van der Waals surface area contributed by atoms with Crippen molar-refractivity contribution in [3.8, 4) is 0 Å². The summed E-state index contributed by atoms with van der Waals surface area (Å²) in [5.41, 5.74) is -0.351. The fourth-order valence-corrected chi connectivity index (χ4v) is 2.87. The van der Waals surface area contributed by atoms with Crippen LogP contribution in [0.1, 0.15) is 37.3 Å². The molecule has 0 aromatic heterocycles. The van der Waals surface area contributed by atoms with Crippen LogP contribution < -0.4 is 5.32 Å². The van der Waals surface area contributed by atoms with E-state index in [1.807, 2.05) is 6.92 Å². The molecule has 0 radical (unpaired) electrons. The largest absolute Gasteiger partial charge is 0.416 e. The van der Waals surface area contributed by atoms with E-state index in [2.05, 4.69) is 5.32 Å². The second-order valence-corrected chi connectivity index (χ2v) is 6.09. The van der Waals surface area contributed by atoms with Crippen LogP contribution in [-0.4, -0.2) is 25.2 Å². The van der Waals surface area contributed by atoms with Gasteiger partial charge in [0.05, 0.1) is 18.1 Å². The Kier molecular flexibility index (Phi) is 6.04. The molecule has 2 rings (SSSR count). The summed E-state index contributed by atoms with van der Waals surface area (Å²) in [7, 11) is 0. The molecule has 1 fully saturated rings. The minimum absolute atomic E-state index is 0.0336. The molecule has 1 N–H and O–H groups in total. The molecule has 128 valence electrons. The highest BCUT2D eigenvalue weighted by atomic mass is 19.4. The summed E-state index contributed by atoms with van der Waals surface area (Å²) in [6.07, 6.45) is -1.30. The van der Waals surface area contributed by atoms with Crippen LogP contribution in [0.5, 0.6) is 0 Å². The average molecular weight is 329 g/mol. The highest BCUT2D eigenvalue weighted by molar-refractivity contribution is 5.78. The first-order valence-electron chi connectivity index (χ1n) is 7.89. The summed E-state index contributed by atoms with van der Waals surface area (Å²) >= 11 is 0. The molecule has 1 aliphatic heterocycles. The van der Waals surface area contributed by atoms with Crippen LogP contribution in [0.3, 0.4) is 0 Å². The molecule has 2 atom stereocenters. The van der Waals surface area contributed by atoms with Gasteiger partial charge in [-0.2, -0.15) is 13.2 Å². The molecule has 6 heteroatoms. The first-order chi connectivity index (χ1) is 10.8. The lowest BCUT2D eigenvalue weighted by molar-refractivity contribution is -0.137. The number of nitrogens with one attached hydrogen (secondary N) is 1. The van der Waals surface area contributed by atoms with Crippen LogP contribution >= 0.6 is 0 Å². The molecule has 1 aromatic rings. The number of hydrogen-bond acceptors (Lipinski definition) is 2. The third-order valence-corrected chi connectivity index (χ3v) is 4.09. The van der Waals surface area contributed by atoms with Crippen molar-refractivity contribution in [3.05, 3.63) is 35.4 Å². The van der Waals surface area contributed by atoms with E-state index in [1.54, 1.807) is 0 Å². The van der Waals surface area contributed by atoms with E-state index in [0.717, 1.165) is 38.0 Å². The van der Waals surface area contributed by atoms with Crippen molar-refractivity contribution in [3.63, 3.8) is 0 Å². The number of halogens is 3. The van der Waals surface area contributed by atoms with E-state index in [4.69, 9.17) is 4.74 Å². The third-order valence-electron chi connectivity index (χ3n) is 4.09. The van der Waals surface area contributed by atoms with Gasteiger partial charge < -0.3 is 10.1 Å². The van der Waals surface area contributed by atoms with Crippen molar-refractivity contribution < 1.29 is 22.7 Å². The highest BCUT2D eigenvalue weighted by Gasteiger charge is 2.30. The van der Waals surface area contributed by atoms with E-state index in [0.29, 0.717) is 18.0 Å². The molecule has 0 saturated carbocycles. The van der Waals surface area contributed by atoms with Gasteiger partial charge in [0, 0.05) is 13.2 Å². The number of ether oxygens (including phenoxy) is 1. The number of carbonyl (C=O) groups is 1. The lowest BCUT2D eigenvalue weighted by atomic mass is 9.93. The molecule has 1 amide bonds. The molecule has 0 aliphatic carbocycles. The predicted octanol–water partition coefficient (Wildman–Crippen LogP) is 3.57. The van der Waals surface area contributed by atoms with E-state index in [9.17, 15) is 18.0 Å². The Bertz CT molecular complexity index is 531. The fraction of sp³-hybridized carbons (Fsp3) is 0.588. The molecule has 3 nitrogen and oxygen atoms in total. The zero-order chi connectivity index (χ0) is 16.9. The monoisotopic (exact) mass is 329 g/mol. The zero-order valence-electron chi connectivity index (χ0n) is 13.2. The van der Waals surface area contributed by atoms with Crippen molar-refractivity contribution in [1.82, 2.24) is 5.32 Å². The first kappa shape index (κ1) is 17.8. The number of benzene rings is 1. The Morgan fingerprint density at radius 2 is 2.17 bits per heavy atom. The van der Waals surface area contributed by atoms with Gasteiger partial charge in [-0.25, -0.2) is 0 Å². The van der Waals surface area contributed by atoms with Gasteiger partial charge >= 0.3 is 6.18 Å². The highest BCUT2D eigenvalue weighted by Crippen LogP contribution is 2.29. The van der Waals surface area contributed by atoms with E-state index >= 15 is 0 Å². The summed E-state index contributed by atoms with van der Waals surface area (Å²) in [5, 5.41) is 2.79. The van der Waals surface area contributed by atoms with Crippen LogP contribution in [0.4, 0.5) is 13.2 Å². The number of carbonyl (C=O) groups excluding carboxylic acids is 1. The number of hydrogen-bond donors (Lipinski definition) is 1. The summed E-state index contributed by atoms with van der Waals surface area (Å²) in [5.74, 6) is 0.289. The topological polar surface area (TPSA) is 38.3 Å². The van der Waals surface area contributed by atoms with Gasteiger partial charge in [0.2, 0.25) is 5.91 Å². The Labute approximate surface area is 134 Å². The van der Waals surface area contributed by atoms with Gasteiger partial charge in [-0.1, -0.05) is 18.2 Å². The molecule has 23 heavy (non-hydrogen) atoms. The maximum Gasteiger partial charge on any atom is 0.416 e. The van der Waals surface area contributed by atoms with Crippen molar-refractivity contribution in [2.75, 3.05) is 13.2 Å². The lowest BCUT2D eigenvalue weighted by Gasteiger charge is -2.27. The van der Waals surface area contributed by atoms with E-state index < -0.39 is 11.7 Å². The fourth-order valence-electron chi connectivity index (χ4n) is 2.87. The van der Waals surface area contributed by atoms with E-state index in [1.165, 1.54) is 12.1 Å². The molecule has 0 bridgehead atoms. The van der Waals surface area contributed by atoms with Gasteiger partial charge in [0.25, 0.3) is 0 Å². The first-order valence-corrected chi connectivity index (χ1v) is 7.89. The van der Waals surface area contributed by atoms with Crippen LogP contribution in [0.15, 0.2) is 24.3 Å². The molecule has 1 aliphatic rings. The van der Waals surface area contributed by atoms with Crippen molar-refractivity contribution in [2.24, 2.45) is 5.92 Å². The second kappa shape index (κ2) is 7.81. The predicted molar refractivity (Wildman–Crippen MR) is 80.9 cm³/mol. The minimum Gasteiger partial charge on any atom is -0.378 e. The van der Waals surface area contributed by atoms with Crippen molar-refractivity contribution >= 4 is 5.91 Å². The molecule has 1 saturated heterocycles. The van der Waals surface area contributed by atoms with Gasteiger partial charge in [-0.3, -0.25) is 4.79 Å². The van der Waals surface area contributed by atoms with Crippen molar-refractivity contribution in [2.45, 2.75) is 44.9 Å². The van der Waals surface area contributed by atoms with Gasteiger partial charge in [0.1, 0.15) is 0 Å². The quantitative estimate of drug-likeness (QED) is 0.897. The number of amides is 1. The minimum atomic E-state index is -4.38. The molecular weight excluding hydrogens is 307 g/mol. The van der Waals surface area contributed by atoms with Gasteiger partial charge in [0.15, 0.2) is 0 Å². The number of alkyl halides is 3. The smallest absolute Gasteiger partial charge is 0.378 e. The van der Waals surface area contributed by atoms with Gasteiger partial charge in [-0.05, 0) is 43.7 Å². The number of rotatable bonds is 5. The van der Waals surface area contributed by atoms with Crippen LogP contribution in [0.25, 0.3) is 0 Å². The molecular formula is C17H22F3NO2. The lowest BCUT2D eigenvalue weighted by Crippen LogP contribution is -2.30. The Morgan fingerprint density at radius 3 is 2.87 bits per heavy atom. The van der Waals surface area contributed by atoms with Crippen LogP contribution in [-0.2, 0) is 22.1 Å². The normalized spacial score (nSPS) is 21.9. The van der Waals surface area contributed by atoms with Crippen LogP contribution in [0.2, 0.25) is 0 Å². The third kappa shape index (κ3) is 5.86. The standard InChI is InChI=1S/C17H22F3NO2/c1-12-9-13(6-8-23-12)5-7-21-16(22)11-14-3-2-4-15(10-14)17(18,19)20/h2-4,10,12-13H,5-9,11H2,1H3,(H,21,22)/t12-,13+/m1/s1. The van der Waals surface area contributed by atoms with Crippen LogP contribution in [0, 0.1) is 5.92 Å². The maximum atomic E-state index is 12.6. The SMILES string of the molecule is C[C@@H]1C[C@@H](CCNC(=O)Cc2cccc(C(F)(F)F)c2)CCO1. The van der Waals surface area contributed by atoms with Gasteiger partial charge in [-0.15, -0.1) is 0 Å². The summed E-state index contributed by atoms with van der Waals surface area (Å²) in [6, 6.07) is 4.90. The Morgan fingerprint density at radius 1 is 1.39 bits per heavy atom. The van der Waals surface area contributed by atoms with Crippen molar-refractivity contribution in [1.29, 1.82) is 0 Å². The maximum absolute atomic E-state index is 12.6. The summed E-state index contributed by atoms with van der Waals surface area (Å²) in [4.78, 5) is 11.9. The second-order valence-electron chi connectivity index (χ2n) is 6.09. The molecule has 1 heterocycles. The summed E-state index contributed by atoms with van der Waals surface area (Å²) < 4.78 is 43.4. The molecule has 1 aromatic carbocycles. The molecule has 0 unspecified atom stereocenters. The van der Waals surface area contributed by atoms with E-state index in [-0.39, 0.29) is 18.4 Å². The summed E-state index contributed by atoms with van der Waals surface area (Å²) in [6.45, 7) is 3.34. The Balaban J connectivity index is 1.76. The Hall–Kier alpha value is -1.56. The molecule has 0 spiro atoms. The average Bonchev–Trinajstić information content (AvgIpc) is 2.46.